The Balaban J connectivity index is 4.09. The van der Waals surface area contributed by atoms with E-state index in [-0.39, 0.29) is 6.42 Å². The molecule has 0 radical (unpaired) electrons. The van der Waals surface area contributed by atoms with E-state index in [1.54, 1.807) is 0 Å². The number of rotatable bonds is 6. The number of aliphatic carboxylic acids is 1. The minimum Gasteiger partial charge on any atom is -0.481 e. The quantitative estimate of drug-likeness (QED) is 0.746. The summed E-state index contributed by atoms with van der Waals surface area (Å²) in [6.07, 6.45) is 0.174. The molecular weight excluding hydrogens is 202 g/mol. The summed E-state index contributed by atoms with van der Waals surface area (Å²) < 4.78 is 0. The first-order valence-corrected chi connectivity index (χ1v) is 5.12. The highest BCUT2D eigenvalue weighted by molar-refractivity contribution is 6.25. The van der Waals surface area contributed by atoms with Crippen molar-refractivity contribution in [3.63, 3.8) is 0 Å². The fourth-order valence-corrected chi connectivity index (χ4v) is 1.18. The fourth-order valence-electron chi connectivity index (χ4n) is 1.11. The smallest absolute Gasteiger partial charge is 0.304 e. The summed E-state index contributed by atoms with van der Waals surface area (Å²) in [7, 11) is 0. The monoisotopic (exact) mass is 219 g/mol. The van der Waals surface area contributed by atoms with Crippen LogP contribution in [0, 0.1) is 0 Å². The van der Waals surface area contributed by atoms with E-state index in [1.807, 2.05) is 20.8 Å². The third-order valence-corrected chi connectivity index (χ3v) is 2.35. The van der Waals surface area contributed by atoms with Crippen LogP contribution >= 0.6 is 11.6 Å². The SMILES string of the molecule is CC(=CCl)CN(CCC(=O)O)C(C)C. The molecule has 0 atom stereocenters. The van der Waals surface area contributed by atoms with Crippen LogP contribution < -0.4 is 0 Å². The van der Waals surface area contributed by atoms with Crippen LogP contribution in [0.15, 0.2) is 11.1 Å². The van der Waals surface area contributed by atoms with Crippen molar-refractivity contribution in [2.24, 2.45) is 0 Å². The fraction of sp³-hybridized carbons (Fsp3) is 0.700. The molecule has 0 heterocycles. The van der Waals surface area contributed by atoms with E-state index in [9.17, 15) is 4.79 Å². The first-order valence-electron chi connectivity index (χ1n) is 4.69. The summed E-state index contributed by atoms with van der Waals surface area (Å²) in [5.74, 6) is -0.761. The Bertz CT molecular complexity index is 214. The van der Waals surface area contributed by atoms with Gasteiger partial charge in [-0.15, -0.1) is 0 Å². The molecule has 1 N–H and O–H groups in total. The molecule has 0 aromatic heterocycles. The van der Waals surface area contributed by atoms with Gasteiger partial charge >= 0.3 is 5.97 Å². The third kappa shape index (κ3) is 6.00. The van der Waals surface area contributed by atoms with Crippen molar-refractivity contribution in [3.8, 4) is 0 Å². The molecule has 14 heavy (non-hydrogen) atoms. The predicted molar refractivity (Wildman–Crippen MR) is 58.6 cm³/mol. The summed E-state index contributed by atoms with van der Waals surface area (Å²) in [4.78, 5) is 12.5. The van der Waals surface area contributed by atoms with Crippen LogP contribution in [-0.4, -0.2) is 35.1 Å². The lowest BCUT2D eigenvalue weighted by atomic mass is 10.2. The number of hydrogen-bond donors (Lipinski definition) is 1. The zero-order valence-electron chi connectivity index (χ0n) is 8.96. The molecule has 0 rings (SSSR count). The normalized spacial score (nSPS) is 12.6. The summed E-state index contributed by atoms with van der Waals surface area (Å²) >= 11 is 5.56. The zero-order valence-corrected chi connectivity index (χ0v) is 9.71. The van der Waals surface area contributed by atoms with Gasteiger partial charge in [0.25, 0.3) is 0 Å². The molecule has 82 valence electrons. The number of halogens is 1. The average Bonchev–Trinajstić information content (AvgIpc) is 2.10. The van der Waals surface area contributed by atoms with Gasteiger partial charge in [-0.25, -0.2) is 0 Å². The molecule has 0 aromatic rings. The van der Waals surface area contributed by atoms with Gasteiger partial charge in [0.1, 0.15) is 0 Å². The van der Waals surface area contributed by atoms with E-state index in [0.717, 1.165) is 12.1 Å². The van der Waals surface area contributed by atoms with Crippen molar-refractivity contribution >= 4 is 17.6 Å². The first-order chi connectivity index (χ1) is 6.47. The van der Waals surface area contributed by atoms with E-state index >= 15 is 0 Å². The van der Waals surface area contributed by atoms with Gasteiger partial charge in [-0.05, 0) is 26.3 Å². The summed E-state index contributed by atoms with van der Waals surface area (Å²) in [5.41, 5.74) is 2.58. The van der Waals surface area contributed by atoms with Crippen molar-refractivity contribution in [2.45, 2.75) is 33.2 Å². The molecule has 4 heteroatoms. The molecule has 0 unspecified atom stereocenters. The van der Waals surface area contributed by atoms with Crippen LogP contribution in [0.1, 0.15) is 27.2 Å². The van der Waals surface area contributed by atoms with Gasteiger partial charge in [0, 0.05) is 24.7 Å². The minimum absolute atomic E-state index is 0.174. The average molecular weight is 220 g/mol. The summed E-state index contributed by atoms with van der Waals surface area (Å²) in [6, 6.07) is 0.334. The maximum atomic E-state index is 10.4. The van der Waals surface area contributed by atoms with Gasteiger partial charge < -0.3 is 5.11 Å². The second-order valence-corrected chi connectivity index (χ2v) is 3.88. The Morgan fingerprint density at radius 1 is 1.57 bits per heavy atom. The van der Waals surface area contributed by atoms with Gasteiger partial charge in [0.05, 0.1) is 6.42 Å². The van der Waals surface area contributed by atoms with Crippen LogP contribution in [0.5, 0.6) is 0 Å². The highest BCUT2D eigenvalue weighted by Gasteiger charge is 2.11. The van der Waals surface area contributed by atoms with Gasteiger partial charge in [0.2, 0.25) is 0 Å². The minimum atomic E-state index is -0.761. The molecule has 0 amide bonds. The lowest BCUT2D eigenvalue weighted by Crippen LogP contribution is -2.34. The molecule has 0 aromatic carbocycles. The first kappa shape index (κ1) is 13.5. The maximum absolute atomic E-state index is 10.4. The molecule has 0 saturated heterocycles. The van der Waals surface area contributed by atoms with E-state index in [1.165, 1.54) is 5.54 Å². The van der Waals surface area contributed by atoms with E-state index in [0.29, 0.717) is 12.6 Å². The Hall–Kier alpha value is -0.540. The molecule has 0 saturated carbocycles. The zero-order chi connectivity index (χ0) is 11.1. The van der Waals surface area contributed by atoms with Gasteiger partial charge in [-0.2, -0.15) is 0 Å². The number of carbonyl (C=O) groups is 1. The number of nitrogens with zero attached hydrogens (tertiary/aromatic N) is 1. The molecule has 0 aliphatic carbocycles. The molecule has 0 aliphatic rings. The van der Waals surface area contributed by atoms with Crippen LogP contribution in [-0.2, 0) is 4.79 Å². The van der Waals surface area contributed by atoms with E-state index < -0.39 is 5.97 Å². The van der Waals surface area contributed by atoms with Gasteiger partial charge in [-0.1, -0.05) is 11.6 Å². The number of carboxylic acids is 1. The van der Waals surface area contributed by atoms with Crippen molar-refractivity contribution in [3.05, 3.63) is 11.1 Å². The van der Waals surface area contributed by atoms with Crippen molar-refractivity contribution in [2.75, 3.05) is 13.1 Å². The van der Waals surface area contributed by atoms with E-state index in [2.05, 4.69) is 4.90 Å². The Morgan fingerprint density at radius 3 is 2.50 bits per heavy atom. The largest absolute Gasteiger partial charge is 0.481 e. The highest BCUT2D eigenvalue weighted by atomic mass is 35.5. The Morgan fingerprint density at radius 2 is 2.14 bits per heavy atom. The highest BCUT2D eigenvalue weighted by Crippen LogP contribution is 2.05. The van der Waals surface area contributed by atoms with Crippen LogP contribution in [0.25, 0.3) is 0 Å². The lowest BCUT2D eigenvalue weighted by molar-refractivity contribution is -0.137. The Labute approximate surface area is 90.4 Å². The topological polar surface area (TPSA) is 40.5 Å². The van der Waals surface area contributed by atoms with Crippen molar-refractivity contribution in [1.29, 1.82) is 0 Å². The van der Waals surface area contributed by atoms with Crippen LogP contribution in [0.4, 0.5) is 0 Å². The van der Waals surface area contributed by atoms with Crippen molar-refractivity contribution < 1.29 is 9.90 Å². The number of hydrogen-bond acceptors (Lipinski definition) is 2. The molecule has 0 fully saturated rings. The Kier molecular flexibility index (Phi) is 6.58. The molecule has 3 nitrogen and oxygen atoms in total. The second-order valence-electron chi connectivity index (χ2n) is 3.66. The predicted octanol–water partition coefficient (Wildman–Crippen LogP) is 2.31. The molecule has 0 spiro atoms. The van der Waals surface area contributed by atoms with Crippen LogP contribution in [0.2, 0.25) is 0 Å². The van der Waals surface area contributed by atoms with Gasteiger partial charge in [-0.3, -0.25) is 9.69 Å². The van der Waals surface area contributed by atoms with Crippen LogP contribution in [0.3, 0.4) is 0 Å². The summed E-state index contributed by atoms with van der Waals surface area (Å²) in [5, 5.41) is 8.57. The van der Waals surface area contributed by atoms with Gasteiger partial charge in [0.15, 0.2) is 0 Å². The lowest BCUT2D eigenvalue weighted by Gasteiger charge is -2.25. The molecule has 0 aliphatic heterocycles. The standard InChI is InChI=1S/C10H18ClNO2/c1-8(2)12(5-4-10(13)14)7-9(3)6-11/h6,8H,4-5,7H2,1-3H3,(H,13,14). The third-order valence-electron chi connectivity index (χ3n) is 1.98. The van der Waals surface area contributed by atoms with Crippen molar-refractivity contribution in [1.82, 2.24) is 4.90 Å². The molecular formula is C10H18ClNO2. The summed E-state index contributed by atoms with van der Waals surface area (Å²) in [6.45, 7) is 7.32. The number of carboxylic acid groups (broad SMARTS) is 1. The molecule has 0 bridgehead atoms. The second kappa shape index (κ2) is 6.85. The maximum Gasteiger partial charge on any atom is 0.304 e. The van der Waals surface area contributed by atoms with E-state index in [4.69, 9.17) is 16.7 Å².